The van der Waals surface area contributed by atoms with Gasteiger partial charge < -0.3 is 15.1 Å². The van der Waals surface area contributed by atoms with Gasteiger partial charge in [0, 0.05) is 41.3 Å². The Hall–Kier alpha value is -2.15. The Balaban J connectivity index is 1.74. The molecule has 0 saturated heterocycles. The topological polar surface area (TPSA) is 47.9 Å². The van der Waals surface area contributed by atoms with Gasteiger partial charge in [-0.1, -0.05) is 48.3 Å². The molecule has 2 aromatic carbocycles. The van der Waals surface area contributed by atoms with Gasteiger partial charge in [0.05, 0.1) is 11.4 Å². The molecule has 1 atom stereocenters. The van der Waals surface area contributed by atoms with Gasteiger partial charge in [-0.05, 0) is 61.7 Å². The molecule has 0 spiro atoms. The van der Waals surface area contributed by atoms with Gasteiger partial charge in [0.1, 0.15) is 0 Å². The number of halogens is 2. The van der Waals surface area contributed by atoms with Gasteiger partial charge in [-0.3, -0.25) is 4.79 Å². The molecule has 1 aliphatic carbocycles. The molecular formula is C24H26Cl2N4OS. The summed E-state index contributed by atoms with van der Waals surface area (Å²) in [7, 11) is 1.74. The minimum absolute atomic E-state index is 0.194. The van der Waals surface area contributed by atoms with E-state index in [1.165, 1.54) is 12.8 Å². The van der Waals surface area contributed by atoms with Gasteiger partial charge in [0.2, 0.25) is 6.17 Å². The first-order valence-electron chi connectivity index (χ1n) is 10.8. The molecular weight excluding hydrogens is 463 g/mol. The van der Waals surface area contributed by atoms with E-state index in [4.69, 9.17) is 40.4 Å². The number of hydrogen-bond donors (Lipinski definition) is 1. The number of nitrogens with zero attached hydrogens (tertiary/aromatic N) is 3. The normalized spacial score (nSPS) is 18.0. The van der Waals surface area contributed by atoms with E-state index in [9.17, 15) is 4.79 Å². The zero-order valence-electron chi connectivity index (χ0n) is 18.1. The van der Waals surface area contributed by atoms with Crippen LogP contribution in [0.3, 0.4) is 0 Å². The van der Waals surface area contributed by atoms with E-state index in [-0.39, 0.29) is 5.91 Å². The van der Waals surface area contributed by atoms with E-state index >= 15 is 0 Å². The lowest BCUT2D eigenvalue weighted by atomic mass is 10.00. The van der Waals surface area contributed by atoms with E-state index in [2.05, 4.69) is 17.1 Å². The Bertz CT molecular complexity index is 1070. The number of aliphatic imine (C=N–C) groups is 1. The van der Waals surface area contributed by atoms with Crippen LogP contribution in [0.4, 0.5) is 5.69 Å². The second-order valence-corrected chi connectivity index (χ2v) is 9.49. The quantitative estimate of drug-likeness (QED) is 0.572. The van der Waals surface area contributed by atoms with E-state index < -0.39 is 6.17 Å². The van der Waals surface area contributed by atoms with Gasteiger partial charge in [-0.25, -0.2) is 4.99 Å². The van der Waals surface area contributed by atoms with Crippen molar-refractivity contribution in [1.82, 2.24) is 10.2 Å². The highest BCUT2D eigenvalue weighted by molar-refractivity contribution is 7.80. The van der Waals surface area contributed by atoms with Gasteiger partial charge in [0.15, 0.2) is 5.11 Å². The molecule has 1 unspecified atom stereocenters. The third-order valence-electron chi connectivity index (χ3n) is 5.74. The van der Waals surface area contributed by atoms with E-state index in [0.29, 0.717) is 26.8 Å². The summed E-state index contributed by atoms with van der Waals surface area (Å²) in [5.74, 6) is 0.489. The number of hydrogen-bond acceptors (Lipinski definition) is 3. The maximum atomic E-state index is 13.4. The van der Waals surface area contributed by atoms with Gasteiger partial charge in [-0.2, -0.15) is 0 Å². The first-order valence-corrected chi connectivity index (χ1v) is 12.0. The number of anilines is 1. The highest BCUT2D eigenvalue weighted by Crippen LogP contribution is 2.32. The number of amides is 1. The summed E-state index contributed by atoms with van der Waals surface area (Å²) in [4.78, 5) is 22.0. The Labute approximate surface area is 204 Å². The van der Waals surface area contributed by atoms with E-state index in [1.807, 2.05) is 36.4 Å². The minimum atomic E-state index is -0.872. The molecule has 1 fully saturated rings. The summed E-state index contributed by atoms with van der Waals surface area (Å²) < 4.78 is 0. The molecule has 0 aromatic heterocycles. The monoisotopic (exact) mass is 488 g/mol. The number of thiocarbonyl (C=S) groups is 1. The van der Waals surface area contributed by atoms with E-state index in [0.717, 1.165) is 36.3 Å². The Morgan fingerprint density at radius 2 is 1.97 bits per heavy atom. The van der Waals surface area contributed by atoms with Crippen molar-refractivity contribution in [2.24, 2.45) is 10.9 Å². The molecule has 2 aromatic rings. The Morgan fingerprint density at radius 1 is 1.22 bits per heavy atom. The molecule has 1 heterocycles. The number of nitrogens with one attached hydrogen (secondary N) is 1. The average molecular weight is 489 g/mol. The molecule has 1 saturated carbocycles. The number of benzodiazepines with no additional fused rings is 1. The fourth-order valence-corrected chi connectivity index (χ4v) is 4.55. The predicted octanol–water partition coefficient (Wildman–Crippen LogP) is 5.13. The molecule has 32 heavy (non-hydrogen) atoms. The lowest BCUT2D eigenvalue weighted by Gasteiger charge is -2.28. The minimum Gasteiger partial charge on any atom is -0.349 e. The van der Waals surface area contributed by atoms with Crippen molar-refractivity contribution < 1.29 is 4.79 Å². The largest absolute Gasteiger partial charge is 0.349 e. The second-order valence-electron chi connectivity index (χ2n) is 8.26. The first kappa shape index (κ1) is 23.0. The molecule has 5 nitrogen and oxygen atoms in total. The van der Waals surface area contributed by atoms with Crippen molar-refractivity contribution in [2.45, 2.75) is 32.4 Å². The number of carbonyl (C=O) groups excluding carboxylic acids is 1. The van der Waals surface area contributed by atoms with Crippen LogP contribution in [0.1, 0.15) is 37.3 Å². The maximum absolute atomic E-state index is 13.4. The molecule has 8 heteroatoms. The Kier molecular flexibility index (Phi) is 7.03. The van der Waals surface area contributed by atoms with Crippen LogP contribution in [0.15, 0.2) is 47.5 Å². The van der Waals surface area contributed by atoms with Crippen LogP contribution in [0, 0.1) is 5.92 Å². The van der Waals surface area contributed by atoms with Crippen LogP contribution in [0.5, 0.6) is 0 Å². The number of carbonyl (C=O) groups is 1. The molecule has 2 aliphatic rings. The maximum Gasteiger partial charge on any atom is 0.272 e. The molecule has 168 valence electrons. The van der Waals surface area contributed by atoms with Gasteiger partial charge >= 0.3 is 0 Å². The SMILES string of the molecule is CCCN(CC1CC1)C(=S)NC1N=C(c2ccccc2Cl)c2cc(Cl)ccc2N(C)C1=O. The average Bonchev–Trinajstić information content (AvgIpc) is 3.60. The molecule has 1 amide bonds. The number of likely N-dealkylation sites (N-methyl/N-ethyl adjacent to an activating group) is 1. The summed E-state index contributed by atoms with van der Waals surface area (Å²) in [6.07, 6.45) is 2.58. The first-order chi connectivity index (χ1) is 15.4. The van der Waals surface area contributed by atoms with Crippen molar-refractivity contribution in [3.63, 3.8) is 0 Å². The third-order valence-corrected chi connectivity index (χ3v) is 6.68. The van der Waals surface area contributed by atoms with Gasteiger partial charge in [-0.15, -0.1) is 0 Å². The number of rotatable bonds is 6. The summed E-state index contributed by atoms with van der Waals surface area (Å²) in [5.41, 5.74) is 2.81. The van der Waals surface area contributed by atoms with E-state index in [1.54, 1.807) is 18.0 Å². The molecule has 1 N–H and O–H groups in total. The molecule has 1 aliphatic heterocycles. The lowest BCUT2D eigenvalue weighted by molar-refractivity contribution is -0.119. The summed E-state index contributed by atoms with van der Waals surface area (Å²) in [5, 5.41) is 4.89. The fourth-order valence-electron chi connectivity index (χ4n) is 3.87. The van der Waals surface area contributed by atoms with Crippen molar-refractivity contribution in [1.29, 1.82) is 0 Å². The van der Waals surface area contributed by atoms with Crippen LogP contribution in [0.2, 0.25) is 10.0 Å². The second kappa shape index (κ2) is 9.77. The molecule has 4 rings (SSSR count). The zero-order chi connectivity index (χ0) is 22.8. The number of fused-ring (bicyclic) bond motifs is 1. The third kappa shape index (κ3) is 4.92. The van der Waals surface area contributed by atoms with Crippen molar-refractivity contribution in [3.8, 4) is 0 Å². The van der Waals surface area contributed by atoms with Gasteiger partial charge in [0.25, 0.3) is 5.91 Å². The highest BCUT2D eigenvalue weighted by atomic mass is 35.5. The molecule has 0 radical (unpaired) electrons. The summed E-state index contributed by atoms with van der Waals surface area (Å²) in [6, 6.07) is 12.9. The van der Waals surface area contributed by atoms with Crippen LogP contribution in [0.25, 0.3) is 0 Å². The van der Waals surface area contributed by atoms with Crippen molar-refractivity contribution in [3.05, 3.63) is 63.6 Å². The zero-order valence-corrected chi connectivity index (χ0v) is 20.5. The van der Waals surface area contributed by atoms with Crippen LogP contribution < -0.4 is 10.2 Å². The molecule has 0 bridgehead atoms. The highest BCUT2D eigenvalue weighted by Gasteiger charge is 2.32. The van der Waals surface area contributed by atoms with Crippen LogP contribution in [-0.2, 0) is 4.79 Å². The van der Waals surface area contributed by atoms with Crippen molar-refractivity contribution in [2.75, 3.05) is 25.0 Å². The summed E-state index contributed by atoms with van der Waals surface area (Å²) in [6.45, 7) is 3.88. The Morgan fingerprint density at radius 3 is 2.66 bits per heavy atom. The number of benzene rings is 2. The summed E-state index contributed by atoms with van der Waals surface area (Å²) >= 11 is 18.6. The van der Waals surface area contributed by atoms with Crippen LogP contribution in [-0.4, -0.2) is 47.9 Å². The fraction of sp³-hybridized carbons (Fsp3) is 0.375. The lowest BCUT2D eigenvalue weighted by Crippen LogP contribution is -2.51. The predicted molar refractivity (Wildman–Crippen MR) is 136 cm³/mol. The van der Waals surface area contributed by atoms with Crippen LogP contribution >= 0.6 is 35.4 Å². The van der Waals surface area contributed by atoms with Crippen molar-refractivity contribution >= 4 is 57.8 Å². The smallest absolute Gasteiger partial charge is 0.272 e. The standard InChI is InChI=1S/C24H26Cl2N4OS/c1-3-12-30(14-15-8-9-15)24(32)28-22-23(31)29(2)20-11-10-16(25)13-18(20)21(27-22)17-6-4-5-7-19(17)26/h4-7,10-11,13,15,22H,3,8-9,12,14H2,1-2H3,(H,28,32).